The number of carbonyl (C=O) groups is 1. The van der Waals surface area contributed by atoms with Crippen molar-refractivity contribution in [1.82, 2.24) is 35.0 Å². The van der Waals surface area contributed by atoms with Crippen LogP contribution in [0, 0.1) is 0 Å². The third-order valence-electron chi connectivity index (χ3n) is 5.50. The number of aromatic amines is 2. The maximum atomic E-state index is 12.7. The summed E-state index contributed by atoms with van der Waals surface area (Å²) in [6.45, 7) is 0.551. The van der Waals surface area contributed by atoms with E-state index in [0.29, 0.717) is 42.2 Å². The van der Waals surface area contributed by atoms with Crippen LogP contribution >= 0.6 is 0 Å². The number of aryl methyl sites for hydroxylation is 1. The first-order valence-electron chi connectivity index (χ1n) is 10.3. The lowest BCUT2D eigenvalue weighted by molar-refractivity contribution is -0.130. The highest BCUT2D eigenvalue weighted by Gasteiger charge is 2.12. The molecular formula is C23H22N8O. The highest BCUT2D eigenvalue weighted by Crippen LogP contribution is 2.23. The van der Waals surface area contributed by atoms with Gasteiger partial charge in [-0.3, -0.25) is 9.89 Å². The maximum Gasteiger partial charge on any atom is 0.222 e. The van der Waals surface area contributed by atoms with Gasteiger partial charge in [-0.2, -0.15) is 5.10 Å². The van der Waals surface area contributed by atoms with Crippen LogP contribution in [0.25, 0.3) is 33.5 Å². The predicted octanol–water partition coefficient (Wildman–Crippen LogP) is 3.07. The highest BCUT2D eigenvalue weighted by molar-refractivity contribution is 5.84. The minimum atomic E-state index is 0.0897. The third-order valence-corrected chi connectivity index (χ3v) is 5.50. The van der Waals surface area contributed by atoms with E-state index in [-0.39, 0.29) is 5.91 Å². The van der Waals surface area contributed by atoms with E-state index in [9.17, 15) is 4.79 Å². The maximum absolute atomic E-state index is 12.7. The second-order valence-electron chi connectivity index (χ2n) is 7.78. The molecule has 4 N–H and O–H groups in total. The second kappa shape index (κ2) is 8.10. The van der Waals surface area contributed by atoms with Gasteiger partial charge >= 0.3 is 0 Å². The number of nitrogen functional groups attached to an aromatic ring is 1. The Hall–Kier alpha value is -4.27. The largest absolute Gasteiger partial charge is 0.382 e. The zero-order chi connectivity index (χ0) is 22.1. The fourth-order valence-electron chi connectivity index (χ4n) is 3.74. The van der Waals surface area contributed by atoms with Crippen molar-refractivity contribution in [3.63, 3.8) is 0 Å². The van der Waals surface area contributed by atoms with Crippen molar-refractivity contribution in [3.8, 4) is 11.4 Å². The molecule has 1 amide bonds. The summed E-state index contributed by atoms with van der Waals surface area (Å²) in [6.07, 6.45) is 4.24. The Balaban J connectivity index is 1.25. The van der Waals surface area contributed by atoms with Crippen LogP contribution in [-0.4, -0.2) is 48.0 Å². The number of fused-ring (bicyclic) bond motifs is 2. The fraction of sp³-hybridized carbons (Fsp3) is 0.174. The van der Waals surface area contributed by atoms with Gasteiger partial charge in [0.15, 0.2) is 11.5 Å². The third kappa shape index (κ3) is 3.87. The van der Waals surface area contributed by atoms with Gasteiger partial charge in [0, 0.05) is 31.0 Å². The Kier molecular flexibility index (Phi) is 4.98. The summed E-state index contributed by atoms with van der Waals surface area (Å²) in [5.41, 5.74) is 11.0. The molecule has 9 heteroatoms. The smallest absolute Gasteiger partial charge is 0.222 e. The van der Waals surface area contributed by atoms with Crippen molar-refractivity contribution in [3.05, 3.63) is 66.1 Å². The number of anilines is 1. The minimum absolute atomic E-state index is 0.0897. The molecule has 9 nitrogen and oxygen atoms in total. The summed E-state index contributed by atoms with van der Waals surface area (Å²) in [5, 5.41) is 8.06. The normalized spacial score (nSPS) is 11.3. The van der Waals surface area contributed by atoms with Crippen LogP contribution in [0.2, 0.25) is 0 Å². The lowest BCUT2D eigenvalue weighted by Gasteiger charge is -2.17. The number of nitrogens with zero attached hydrogens (tertiary/aromatic N) is 5. The number of amides is 1. The molecule has 3 heterocycles. The number of benzene rings is 2. The number of hydrogen-bond acceptors (Lipinski definition) is 6. The van der Waals surface area contributed by atoms with Crippen LogP contribution in [0.5, 0.6) is 0 Å². The molecule has 2 aromatic carbocycles. The van der Waals surface area contributed by atoms with Crippen LogP contribution < -0.4 is 5.73 Å². The first-order chi connectivity index (χ1) is 15.6. The standard InChI is InChI=1S/C23H22N8O/c1-31(12-15-5-7-17-11-27-30-18(17)10-15)19(32)8-6-14-3-2-4-16(9-14)22-28-20-21(24)25-13-26-23(20)29-22/h2-5,7,9-11,13H,6,8,12H2,1H3,(H,27,30)(H3,24,25,26,28,29). The van der Waals surface area contributed by atoms with E-state index in [0.717, 1.165) is 27.6 Å². The molecule has 160 valence electrons. The molecule has 5 rings (SSSR count). The van der Waals surface area contributed by atoms with Crippen molar-refractivity contribution in [2.75, 3.05) is 12.8 Å². The number of carbonyl (C=O) groups excluding carboxylic acids is 1. The van der Waals surface area contributed by atoms with E-state index < -0.39 is 0 Å². The average Bonchev–Trinajstić information content (AvgIpc) is 3.45. The molecule has 3 aromatic heterocycles. The number of nitrogens with one attached hydrogen (secondary N) is 2. The SMILES string of the molecule is CN(Cc1ccc2cn[nH]c2c1)C(=O)CCc1cccc(-c2nc3ncnc(N)c3[nH]2)c1. The molecule has 0 spiro atoms. The quantitative estimate of drug-likeness (QED) is 0.383. The van der Waals surface area contributed by atoms with Crippen LogP contribution in [0.4, 0.5) is 5.82 Å². The van der Waals surface area contributed by atoms with Gasteiger partial charge in [0.2, 0.25) is 5.91 Å². The lowest BCUT2D eigenvalue weighted by atomic mass is 10.1. The lowest BCUT2D eigenvalue weighted by Crippen LogP contribution is -2.26. The van der Waals surface area contributed by atoms with Gasteiger partial charge in [-0.1, -0.05) is 30.3 Å². The minimum Gasteiger partial charge on any atom is -0.382 e. The van der Waals surface area contributed by atoms with Gasteiger partial charge in [0.25, 0.3) is 0 Å². The Labute approximate surface area is 183 Å². The highest BCUT2D eigenvalue weighted by atomic mass is 16.2. The van der Waals surface area contributed by atoms with Gasteiger partial charge in [-0.25, -0.2) is 15.0 Å². The van der Waals surface area contributed by atoms with Crippen molar-refractivity contribution in [2.24, 2.45) is 0 Å². The molecule has 0 fully saturated rings. The van der Waals surface area contributed by atoms with E-state index in [1.54, 1.807) is 11.1 Å². The number of H-pyrrole nitrogens is 2. The van der Waals surface area contributed by atoms with Gasteiger partial charge in [0.1, 0.15) is 17.7 Å². The number of nitrogens with two attached hydrogens (primary N) is 1. The summed E-state index contributed by atoms with van der Waals surface area (Å²) in [7, 11) is 1.83. The molecule has 0 radical (unpaired) electrons. The summed E-state index contributed by atoms with van der Waals surface area (Å²) < 4.78 is 0. The van der Waals surface area contributed by atoms with Gasteiger partial charge in [-0.05, 0) is 29.7 Å². The Morgan fingerprint density at radius 2 is 2.03 bits per heavy atom. The van der Waals surface area contributed by atoms with Crippen molar-refractivity contribution >= 4 is 33.8 Å². The number of rotatable bonds is 6. The molecular weight excluding hydrogens is 404 g/mol. The monoisotopic (exact) mass is 426 g/mol. The fourth-order valence-corrected chi connectivity index (χ4v) is 3.74. The summed E-state index contributed by atoms with van der Waals surface area (Å²) >= 11 is 0. The Bertz CT molecular complexity index is 1420. The molecule has 0 bridgehead atoms. The zero-order valence-electron chi connectivity index (χ0n) is 17.5. The Morgan fingerprint density at radius 1 is 1.12 bits per heavy atom. The first-order valence-corrected chi connectivity index (χ1v) is 10.3. The van der Waals surface area contributed by atoms with E-state index in [1.165, 1.54) is 6.33 Å². The predicted molar refractivity (Wildman–Crippen MR) is 122 cm³/mol. The van der Waals surface area contributed by atoms with E-state index in [4.69, 9.17) is 5.73 Å². The van der Waals surface area contributed by atoms with E-state index >= 15 is 0 Å². The Morgan fingerprint density at radius 3 is 2.91 bits per heavy atom. The summed E-state index contributed by atoms with van der Waals surface area (Å²) in [5.74, 6) is 1.13. The number of imidazole rings is 1. The molecule has 0 saturated heterocycles. The van der Waals surface area contributed by atoms with E-state index in [2.05, 4.69) is 30.1 Å². The second-order valence-corrected chi connectivity index (χ2v) is 7.78. The summed E-state index contributed by atoms with van der Waals surface area (Å²) in [6, 6.07) is 14.0. The van der Waals surface area contributed by atoms with Gasteiger partial charge in [0.05, 0.1) is 11.7 Å². The van der Waals surface area contributed by atoms with Gasteiger partial charge in [-0.15, -0.1) is 0 Å². The molecule has 0 saturated carbocycles. The van der Waals surface area contributed by atoms with Crippen LogP contribution in [0.15, 0.2) is 55.0 Å². The number of hydrogen-bond donors (Lipinski definition) is 3. The molecule has 0 aliphatic rings. The van der Waals surface area contributed by atoms with Crippen molar-refractivity contribution < 1.29 is 4.79 Å². The van der Waals surface area contributed by atoms with Crippen LogP contribution in [0.3, 0.4) is 0 Å². The zero-order valence-corrected chi connectivity index (χ0v) is 17.5. The average molecular weight is 426 g/mol. The summed E-state index contributed by atoms with van der Waals surface area (Å²) in [4.78, 5) is 30.3. The van der Waals surface area contributed by atoms with Gasteiger partial charge < -0.3 is 15.6 Å². The van der Waals surface area contributed by atoms with Crippen molar-refractivity contribution in [2.45, 2.75) is 19.4 Å². The first kappa shape index (κ1) is 19.7. The topological polar surface area (TPSA) is 129 Å². The molecule has 0 unspecified atom stereocenters. The van der Waals surface area contributed by atoms with Crippen LogP contribution in [-0.2, 0) is 17.8 Å². The molecule has 0 aliphatic carbocycles. The van der Waals surface area contributed by atoms with Crippen LogP contribution in [0.1, 0.15) is 17.5 Å². The molecule has 5 aromatic rings. The van der Waals surface area contributed by atoms with E-state index in [1.807, 2.05) is 49.5 Å². The molecule has 0 atom stereocenters. The molecule has 0 aliphatic heterocycles. The number of aromatic nitrogens is 6. The molecule has 32 heavy (non-hydrogen) atoms. The van der Waals surface area contributed by atoms with Crippen molar-refractivity contribution in [1.29, 1.82) is 0 Å².